The lowest BCUT2D eigenvalue weighted by Crippen LogP contribution is -2.47. The van der Waals surface area contributed by atoms with Gasteiger partial charge in [0.1, 0.15) is 5.75 Å². The predicted octanol–water partition coefficient (Wildman–Crippen LogP) is 4.38. The molecular weight excluding hydrogens is 446 g/mol. The van der Waals surface area contributed by atoms with Gasteiger partial charge in [-0.25, -0.2) is 4.57 Å². The van der Waals surface area contributed by atoms with Crippen LogP contribution < -0.4 is 10.5 Å². The van der Waals surface area contributed by atoms with Crippen molar-refractivity contribution in [3.63, 3.8) is 0 Å². The average molecular weight is 471 g/mol. The molecule has 2 aromatic carbocycles. The van der Waals surface area contributed by atoms with Gasteiger partial charge in [-0.2, -0.15) is 13.2 Å². The number of carbonyl (C=O) groups is 1. The van der Waals surface area contributed by atoms with Crippen LogP contribution in [0.3, 0.4) is 0 Å². The fraction of sp³-hybridized carbons (Fsp3) is 0.409. The number of hydrogen-bond donors (Lipinski definition) is 2. The van der Waals surface area contributed by atoms with E-state index in [0.29, 0.717) is 17.5 Å². The van der Waals surface area contributed by atoms with Crippen molar-refractivity contribution in [1.29, 1.82) is 0 Å². The van der Waals surface area contributed by atoms with Crippen LogP contribution in [-0.2, 0) is 28.1 Å². The fourth-order valence-electron chi connectivity index (χ4n) is 3.01. The fourth-order valence-corrected chi connectivity index (χ4v) is 3.32. The van der Waals surface area contributed by atoms with Crippen LogP contribution in [0.25, 0.3) is 0 Å². The highest BCUT2D eigenvalue weighted by atomic mass is 31.1. The number of Topliss-reactive ketones (excluding diaryl/α,β-unsaturated/α-hetero) is 1. The Balaban J connectivity index is 2.06. The molecule has 0 aliphatic rings. The standard InChI is InChI=1S/C22H25F3NO5P/c1-15(28)18-5-2-16(3-6-18)9-11-30-20-7-4-17(12-19(20)22(23,24)25)8-10-21(26,13-27)14-31-32-29/h2-7,12,27H,8-11,13-14,26H2,1H3. The summed E-state index contributed by atoms with van der Waals surface area (Å²) in [6, 6.07) is 10.6. The van der Waals surface area contributed by atoms with Crippen molar-refractivity contribution in [2.45, 2.75) is 37.9 Å². The first kappa shape index (κ1) is 25.9. The van der Waals surface area contributed by atoms with Crippen LogP contribution in [0.15, 0.2) is 42.5 Å². The minimum absolute atomic E-state index is 0.0318. The van der Waals surface area contributed by atoms with Gasteiger partial charge in [-0.3, -0.25) is 9.32 Å². The SMILES string of the molecule is CC(=O)c1ccc(CCOc2ccc(CCC(N)(CO)COP=O)cc2C(F)(F)F)cc1. The molecule has 0 saturated heterocycles. The first-order valence-electron chi connectivity index (χ1n) is 9.85. The van der Waals surface area contributed by atoms with Gasteiger partial charge in [0.15, 0.2) is 5.78 Å². The Morgan fingerprint density at radius 1 is 1.09 bits per heavy atom. The minimum Gasteiger partial charge on any atom is -0.493 e. The van der Waals surface area contributed by atoms with Gasteiger partial charge in [0.2, 0.25) is 0 Å². The van der Waals surface area contributed by atoms with Crippen LogP contribution in [0.1, 0.15) is 40.4 Å². The molecule has 0 heterocycles. The summed E-state index contributed by atoms with van der Waals surface area (Å²) in [4.78, 5) is 11.3. The molecule has 3 N–H and O–H groups in total. The second-order valence-corrected chi connectivity index (χ2v) is 7.96. The molecule has 0 aliphatic carbocycles. The monoisotopic (exact) mass is 471 g/mol. The lowest BCUT2D eigenvalue weighted by atomic mass is 9.93. The van der Waals surface area contributed by atoms with E-state index in [9.17, 15) is 27.6 Å². The Morgan fingerprint density at radius 2 is 1.75 bits per heavy atom. The number of hydrogen-bond acceptors (Lipinski definition) is 6. The van der Waals surface area contributed by atoms with E-state index >= 15 is 0 Å². The Hall–Kier alpha value is -2.32. The quantitative estimate of drug-likeness (QED) is 0.352. The van der Waals surface area contributed by atoms with Gasteiger partial charge >= 0.3 is 14.9 Å². The van der Waals surface area contributed by atoms with Gasteiger partial charge in [-0.15, -0.1) is 0 Å². The maximum absolute atomic E-state index is 13.6. The van der Waals surface area contributed by atoms with E-state index in [0.717, 1.165) is 11.6 Å². The van der Waals surface area contributed by atoms with E-state index in [1.54, 1.807) is 24.3 Å². The molecule has 174 valence electrons. The van der Waals surface area contributed by atoms with Crippen molar-refractivity contribution in [1.82, 2.24) is 0 Å². The molecule has 0 bridgehead atoms. The molecule has 0 aliphatic heterocycles. The van der Waals surface area contributed by atoms with Crippen LogP contribution in [0.2, 0.25) is 0 Å². The second kappa shape index (κ2) is 11.5. The highest BCUT2D eigenvalue weighted by Gasteiger charge is 2.35. The number of aliphatic hydroxyl groups excluding tert-OH is 1. The van der Waals surface area contributed by atoms with E-state index in [1.807, 2.05) is 0 Å². The van der Waals surface area contributed by atoms with Crippen molar-refractivity contribution < 1.29 is 36.9 Å². The Kier molecular flexibility index (Phi) is 9.33. The first-order valence-corrected chi connectivity index (χ1v) is 10.6. The van der Waals surface area contributed by atoms with Gasteiger partial charge in [0, 0.05) is 12.0 Å². The van der Waals surface area contributed by atoms with E-state index in [-0.39, 0.29) is 37.6 Å². The third kappa shape index (κ3) is 7.67. The van der Waals surface area contributed by atoms with Crippen LogP contribution in [-0.4, -0.2) is 36.2 Å². The topological polar surface area (TPSA) is 98.8 Å². The highest BCUT2D eigenvalue weighted by Crippen LogP contribution is 2.37. The number of halogens is 3. The largest absolute Gasteiger partial charge is 0.493 e. The molecular formula is C22H25F3NO5P. The molecule has 0 saturated carbocycles. The van der Waals surface area contributed by atoms with E-state index < -0.39 is 32.6 Å². The molecule has 6 nitrogen and oxygen atoms in total. The zero-order valence-electron chi connectivity index (χ0n) is 17.5. The summed E-state index contributed by atoms with van der Waals surface area (Å²) in [6.45, 7) is 0.820. The number of ketones is 1. The smallest absolute Gasteiger partial charge is 0.419 e. The minimum atomic E-state index is -4.62. The van der Waals surface area contributed by atoms with E-state index in [4.69, 9.17) is 10.5 Å². The molecule has 32 heavy (non-hydrogen) atoms. The second-order valence-electron chi connectivity index (χ2n) is 7.55. The molecule has 1 atom stereocenters. The summed E-state index contributed by atoms with van der Waals surface area (Å²) in [5, 5.41) is 9.42. The molecule has 0 aromatic heterocycles. The molecule has 10 heteroatoms. The Labute approximate surface area is 185 Å². The summed E-state index contributed by atoms with van der Waals surface area (Å²) in [6.07, 6.45) is -3.95. The van der Waals surface area contributed by atoms with Gasteiger partial charge in [0.25, 0.3) is 0 Å². The maximum atomic E-state index is 13.6. The third-order valence-electron chi connectivity index (χ3n) is 4.99. The number of carbonyl (C=O) groups excluding carboxylic acids is 1. The highest BCUT2D eigenvalue weighted by molar-refractivity contribution is 7.17. The summed E-state index contributed by atoms with van der Waals surface area (Å²) in [7, 11) is -0.590. The molecule has 0 radical (unpaired) electrons. The number of benzene rings is 2. The van der Waals surface area contributed by atoms with Gasteiger partial charge < -0.3 is 15.6 Å². The average Bonchev–Trinajstić information content (AvgIpc) is 2.76. The van der Waals surface area contributed by atoms with Crippen molar-refractivity contribution in [2.75, 3.05) is 19.8 Å². The number of ether oxygens (including phenoxy) is 1. The summed E-state index contributed by atoms with van der Waals surface area (Å²) in [5.41, 5.74) is 5.59. The van der Waals surface area contributed by atoms with Crippen LogP contribution >= 0.6 is 8.69 Å². The van der Waals surface area contributed by atoms with Crippen molar-refractivity contribution >= 4 is 14.5 Å². The molecule has 2 aromatic rings. The zero-order valence-corrected chi connectivity index (χ0v) is 18.4. The Bertz CT molecular complexity index is 921. The van der Waals surface area contributed by atoms with Crippen molar-refractivity contribution in [3.05, 3.63) is 64.7 Å². The third-order valence-corrected chi connectivity index (χ3v) is 5.22. The van der Waals surface area contributed by atoms with Crippen LogP contribution in [0.5, 0.6) is 5.75 Å². The lowest BCUT2D eigenvalue weighted by molar-refractivity contribution is -0.139. The number of aliphatic hydroxyl groups is 1. The molecule has 2 rings (SSSR count). The van der Waals surface area contributed by atoms with Crippen molar-refractivity contribution in [3.8, 4) is 5.75 Å². The van der Waals surface area contributed by atoms with E-state index in [2.05, 4.69) is 4.52 Å². The molecule has 1 unspecified atom stereocenters. The summed E-state index contributed by atoms with van der Waals surface area (Å²) >= 11 is 0. The van der Waals surface area contributed by atoms with Crippen molar-refractivity contribution in [2.24, 2.45) is 5.73 Å². The van der Waals surface area contributed by atoms with Crippen LogP contribution in [0.4, 0.5) is 13.2 Å². The molecule has 0 amide bonds. The Morgan fingerprint density at radius 3 is 2.31 bits per heavy atom. The summed E-state index contributed by atoms with van der Waals surface area (Å²) < 4.78 is 61.3. The number of rotatable bonds is 12. The van der Waals surface area contributed by atoms with Gasteiger partial charge in [0.05, 0.1) is 30.9 Å². The van der Waals surface area contributed by atoms with Crippen LogP contribution in [0, 0.1) is 0 Å². The normalized spacial score (nSPS) is 13.7. The summed E-state index contributed by atoms with van der Waals surface area (Å²) in [5.74, 6) is -0.345. The first-order chi connectivity index (χ1) is 15.1. The molecule has 0 fully saturated rings. The van der Waals surface area contributed by atoms with Gasteiger partial charge in [-0.05, 0) is 43.0 Å². The number of aryl methyl sites for hydroxylation is 1. The predicted molar refractivity (Wildman–Crippen MR) is 113 cm³/mol. The number of nitrogens with two attached hydrogens (primary N) is 1. The van der Waals surface area contributed by atoms with Gasteiger partial charge in [-0.1, -0.05) is 30.3 Å². The molecule has 0 spiro atoms. The maximum Gasteiger partial charge on any atom is 0.419 e. The zero-order chi connectivity index (χ0) is 23.8. The lowest BCUT2D eigenvalue weighted by Gasteiger charge is -2.25. The number of alkyl halides is 3. The van der Waals surface area contributed by atoms with E-state index in [1.165, 1.54) is 19.1 Å².